The number of aryl methyl sites for hydroxylation is 1. The van der Waals surface area contributed by atoms with Crippen LogP contribution in [0.25, 0.3) is 0 Å². The first kappa shape index (κ1) is 16.2. The van der Waals surface area contributed by atoms with Gasteiger partial charge < -0.3 is 4.74 Å². The number of hydrogen-bond acceptors (Lipinski definition) is 3. The van der Waals surface area contributed by atoms with E-state index in [2.05, 4.69) is 26.5 Å². The number of amides is 1. The Morgan fingerprint density at radius 2 is 1.64 bits per heavy atom. The van der Waals surface area contributed by atoms with Crippen LogP contribution in [0.2, 0.25) is 0 Å². The largest absolute Gasteiger partial charge is 0.449 e. The molecule has 0 atom stereocenters. The van der Waals surface area contributed by atoms with Gasteiger partial charge in [-0.05, 0) is 26.0 Å². The summed E-state index contributed by atoms with van der Waals surface area (Å²) in [5.41, 5.74) is 6.10. The highest BCUT2D eigenvalue weighted by atomic mass is 79.9. The summed E-state index contributed by atoms with van der Waals surface area (Å²) in [7, 11) is 0. The summed E-state index contributed by atoms with van der Waals surface area (Å²) < 4.78 is 5.82. The highest BCUT2D eigenvalue weighted by Crippen LogP contribution is 2.15. The van der Waals surface area contributed by atoms with Crippen LogP contribution in [0.1, 0.15) is 23.6 Å². The van der Waals surface area contributed by atoms with Crippen LogP contribution in [0.3, 0.4) is 0 Å². The molecule has 22 heavy (non-hydrogen) atoms. The maximum atomic E-state index is 11.5. The van der Waals surface area contributed by atoms with Gasteiger partial charge in [0.2, 0.25) is 0 Å². The fourth-order valence-corrected chi connectivity index (χ4v) is 2.14. The number of carbonyl (C=O) groups is 1. The zero-order valence-electron chi connectivity index (χ0n) is 12.5. The minimum absolute atomic E-state index is 0.305. The van der Waals surface area contributed by atoms with E-state index in [1.165, 1.54) is 0 Å². The number of carbonyl (C=O) groups excluding carboxylic acids is 1. The molecule has 1 N–H and O–H groups in total. The van der Waals surface area contributed by atoms with Crippen molar-refractivity contribution in [2.45, 2.75) is 13.8 Å². The van der Waals surface area contributed by atoms with Crippen molar-refractivity contribution in [2.75, 3.05) is 6.61 Å². The van der Waals surface area contributed by atoms with Gasteiger partial charge in [0.15, 0.2) is 0 Å². The molecule has 0 spiro atoms. The molecule has 0 aliphatic carbocycles. The van der Waals surface area contributed by atoms with E-state index in [1.807, 2.05) is 55.5 Å². The van der Waals surface area contributed by atoms with E-state index in [1.54, 1.807) is 6.92 Å². The molecular formula is C17H17BrN2O2. The predicted molar refractivity (Wildman–Crippen MR) is 91.1 cm³/mol. The van der Waals surface area contributed by atoms with Crippen LogP contribution in [-0.4, -0.2) is 18.4 Å². The van der Waals surface area contributed by atoms with Gasteiger partial charge in [-0.1, -0.05) is 57.9 Å². The van der Waals surface area contributed by atoms with E-state index in [0.717, 1.165) is 21.2 Å². The zero-order chi connectivity index (χ0) is 15.9. The van der Waals surface area contributed by atoms with Crippen molar-refractivity contribution >= 4 is 27.7 Å². The van der Waals surface area contributed by atoms with E-state index in [9.17, 15) is 4.79 Å². The molecular weight excluding hydrogens is 344 g/mol. The summed E-state index contributed by atoms with van der Waals surface area (Å²) >= 11 is 3.41. The van der Waals surface area contributed by atoms with Gasteiger partial charge in [-0.2, -0.15) is 5.10 Å². The van der Waals surface area contributed by atoms with E-state index in [0.29, 0.717) is 12.3 Å². The van der Waals surface area contributed by atoms with Crippen molar-refractivity contribution in [3.8, 4) is 0 Å². The van der Waals surface area contributed by atoms with Crippen LogP contribution in [0.15, 0.2) is 58.1 Å². The number of ether oxygens (including phenoxy) is 1. The molecule has 0 aliphatic heterocycles. The second-order valence-corrected chi connectivity index (χ2v) is 5.58. The number of benzene rings is 2. The highest BCUT2D eigenvalue weighted by molar-refractivity contribution is 9.10. The van der Waals surface area contributed by atoms with E-state index in [-0.39, 0.29) is 0 Å². The van der Waals surface area contributed by atoms with E-state index in [4.69, 9.17) is 4.74 Å². The summed E-state index contributed by atoms with van der Waals surface area (Å²) in [6, 6.07) is 15.7. The standard InChI is InChI=1S/C17H17BrN2O2/c1-3-22-17(21)20-19-16(13-6-4-12(2)5-7-13)14-8-10-15(18)11-9-14/h4-11H,3H2,1-2H3,(H,20,21)/b19-16-. The Kier molecular flexibility index (Phi) is 5.72. The SMILES string of the molecule is CCOC(=O)N/N=C(/c1ccc(C)cc1)c1ccc(Br)cc1. The van der Waals surface area contributed by atoms with Crippen LogP contribution in [0, 0.1) is 6.92 Å². The maximum Gasteiger partial charge on any atom is 0.427 e. The van der Waals surface area contributed by atoms with Gasteiger partial charge in [0.05, 0.1) is 12.3 Å². The van der Waals surface area contributed by atoms with Crippen molar-refractivity contribution in [3.63, 3.8) is 0 Å². The molecule has 0 heterocycles. The smallest absolute Gasteiger partial charge is 0.427 e. The number of hydrazone groups is 1. The Bertz CT molecular complexity index is 617. The van der Waals surface area contributed by atoms with Gasteiger partial charge >= 0.3 is 6.09 Å². The predicted octanol–water partition coefficient (Wildman–Crippen LogP) is 4.26. The molecule has 0 bridgehead atoms. The maximum absolute atomic E-state index is 11.5. The zero-order valence-corrected chi connectivity index (χ0v) is 14.1. The van der Waals surface area contributed by atoms with Crippen LogP contribution in [0.4, 0.5) is 4.79 Å². The first-order valence-corrected chi connectivity index (χ1v) is 7.73. The quantitative estimate of drug-likeness (QED) is 0.654. The minimum Gasteiger partial charge on any atom is -0.449 e. The van der Waals surface area contributed by atoms with Gasteiger partial charge in [0, 0.05) is 15.6 Å². The molecule has 2 rings (SSSR count). The Morgan fingerprint density at radius 3 is 2.18 bits per heavy atom. The normalized spacial score (nSPS) is 11.1. The fraction of sp³-hybridized carbons (Fsp3) is 0.176. The third-order valence-corrected chi connectivity index (χ3v) is 3.51. The lowest BCUT2D eigenvalue weighted by atomic mass is 10.0. The average Bonchev–Trinajstić information content (AvgIpc) is 2.51. The van der Waals surface area contributed by atoms with Crippen molar-refractivity contribution in [1.82, 2.24) is 5.43 Å². The van der Waals surface area contributed by atoms with Crippen LogP contribution in [-0.2, 0) is 4.74 Å². The molecule has 114 valence electrons. The fourth-order valence-electron chi connectivity index (χ4n) is 1.88. The van der Waals surface area contributed by atoms with Crippen LogP contribution in [0.5, 0.6) is 0 Å². The lowest BCUT2D eigenvalue weighted by molar-refractivity contribution is 0.152. The average molecular weight is 361 g/mol. The lowest BCUT2D eigenvalue weighted by Gasteiger charge is -2.09. The topological polar surface area (TPSA) is 50.7 Å². The Balaban J connectivity index is 2.35. The summed E-state index contributed by atoms with van der Waals surface area (Å²) in [6.07, 6.45) is -0.566. The highest BCUT2D eigenvalue weighted by Gasteiger charge is 2.08. The lowest BCUT2D eigenvalue weighted by Crippen LogP contribution is -2.21. The Hall–Kier alpha value is -2.14. The van der Waals surface area contributed by atoms with Crippen molar-refractivity contribution < 1.29 is 9.53 Å². The molecule has 4 nitrogen and oxygen atoms in total. The molecule has 0 aliphatic rings. The molecule has 0 radical (unpaired) electrons. The van der Waals surface area contributed by atoms with Gasteiger partial charge in [-0.25, -0.2) is 10.2 Å². The molecule has 0 saturated carbocycles. The Labute approximate surface area is 138 Å². The molecule has 5 heteroatoms. The first-order chi connectivity index (χ1) is 10.6. The van der Waals surface area contributed by atoms with Crippen molar-refractivity contribution in [2.24, 2.45) is 5.10 Å². The summed E-state index contributed by atoms with van der Waals surface area (Å²) in [6.45, 7) is 4.08. The number of rotatable bonds is 4. The molecule has 0 aromatic heterocycles. The minimum atomic E-state index is -0.566. The monoisotopic (exact) mass is 360 g/mol. The molecule has 0 unspecified atom stereocenters. The number of halogens is 1. The second kappa shape index (κ2) is 7.75. The molecule has 2 aromatic carbocycles. The molecule has 0 fully saturated rings. The van der Waals surface area contributed by atoms with E-state index >= 15 is 0 Å². The van der Waals surface area contributed by atoms with Crippen LogP contribution >= 0.6 is 15.9 Å². The third-order valence-electron chi connectivity index (χ3n) is 2.98. The van der Waals surface area contributed by atoms with E-state index < -0.39 is 6.09 Å². The second-order valence-electron chi connectivity index (χ2n) is 4.67. The van der Waals surface area contributed by atoms with Gasteiger partial charge in [-0.3, -0.25) is 0 Å². The van der Waals surface area contributed by atoms with Crippen molar-refractivity contribution in [3.05, 3.63) is 69.7 Å². The summed E-state index contributed by atoms with van der Waals surface area (Å²) in [5.74, 6) is 0. The number of nitrogens with one attached hydrogen (secondary N) is 1. The molecule has 1 amide bonds. The molecule has 0 saturated heterocycles. The summed E-state index contributed by atoms with van der Waals surface area (Å²) in [4.78, 5) is 11.5. The number of hydrogen-bond donors (Lipinski definition) is 1. The first-order valence-electron chi connectivity index (χ1n) is 6.93. The third kappa shape index (κ3) is 4.43. The van der Waals surface area contributed by atoms with Crippen molar-refractivity contribution in [1.29, 1.82) is 0 Å². The number of nitrogens with zero attached hydrogens (tertiary/aromatic N) is 1. The summed E-state index contributed by atoms with van der Waals surface area (Å²) in [5, 5.41) is 4.22. The van der Waals surface area contributed by atoms with Gasteiger partial charge in [-0.15, -0.1) is 0 Å². The Morgan fingerprint density at radius 1 is 1.09 bits per heavy atom. The molecule has 2 aromatic rings. The van der Waals surface area contributed by atoms with Gasteiger partial charge in [0.1, 0.15) is 0 Å². The van der Waals surface area contributed by atoms with Crippen LogP contribution < -0.4 is 5.43 Å². The van der Waals surface area contributed by atoms with Gasteiger partial charge in [0.25, 0.3) is 0 Å².